The number of pyridine rings is 1. The van der Waals surface area contributed by atoms with Crippen LogP contribution in [-0.4, -0.2) is 23.2 Å². The van der Waals surface area contributed by atoms with Crippen LogP contribution in [0.25, 0.3) is 22.0 Å². The largest absolute Gasteiger partial charge is 0.468 e. The van der Waals surface area contributed by atoms with Gasteiger partial charge in [0.1, 0.15) is 0 Å². The van der Waals surface area contributed by atoms with E-state index in [0.717, 1.165) is 33.2 Å². The summed E-state index contributed by atoms with van der Waals surface area (Å²) in [4.78, 5) is 16.7. The van der Waals surface area contributed by atoms with E-state index in [0.29, 0.717) is 0 Å². The molecule has 0 radical (unpaired) electrons. The molecule has 1 atom stereocenters. The number of carbonyl (C=O) groups is 1. The van der Waals surface area contributed by atoms with E-state index in [-0.39, 0.29) is 5.97 Å². The first-order valence-corrected chi connectivity index (χ1v) is 8.60. The van der Waals surface area contributed by atoms with Crippen LogP contribution in [-0.2, 0) is 14.9 Å². The Bertz CT molecular complexity index is 961. The number of carbonyl (C=O) groups excluding carboxylic acids is 1. The van der Waals surface area contributed by atoms with Crippen LogP contribution in [0.2, 0.25) is 0 Å². The van der Waals surface area contributed by atoms with Gasteiger partial charge >= 0.3 is 5.97 Å². The van der Waals surface area contributed by atoms with Gasteiger partial charge in [-0.25, -0.2) is 0 Å². The average Bonchev–Trinajstić information content (AvgIpc) is 2.66. The van der Waals surface area contributed by atoms with Gasteiger partial charge in [-0.15, -0.1) is 0 Å². The van der Waals surface area contributed by atoms with Gasteiger partial charge in [0.2, 0.25) is 0 Å². The molecule has 0 aliphatic carbocycles. The number of aliphatic hydroxyl groups is 1. The van der Waals surface area contributed by atoms with Gasteiger partial charge in [0, 0.05) is 17.1 Å². The molecule has 4 heteroatoms. The first-order chi connectivity index (χ1) is 12.3. The monoisotopic (exact) mass is 349 g/mol. The zero-order valence-corrected chi connectivity index (χ0v) is 15.5. The van der Waals surface area contributed by atoms with Crippen molar-refractivity contribution < 1.29 is 14.6 Å². The number of nitrogens with zero attached hydrogens (tertiary/aromatic N) is 1. The van der Waals surface area contributed by atoms with Crippen LogP contribution in [0.3, 0.4) is 0 Å². The van der Waals surface area contributed by atoms with Gasteiger partial charge in [0.15, 0.2) is 0 Å². The van der Waals surface area contributed by atoms with Crippen molar-refractivity contribution in [2.45, 2.75) is 32.3 Å². The van der Waals surface area contributed by atoms with Crippen LogP contribution in [0, 0.1) is 0 Å². The SMILES string of the molecule is COC(=O)C(C)(C)c1cccc(-c2cc3cc(C(C)O)ccc3cn2)c1. The smallest absolute Gasteiger partial charge is 0.315 e. The van der Waals surface area contributed by atoms with Crippen molar-refractivity contribution in [1.29, 1.82) is 0 Å². The summed E-state index contributed by atoms with van der Waals surface area (Å²) in [5.74, 6) is -0.275. The van der Waals surface area contributed by atoms with Gasteiger partial charge in [0.05, 0.1) is 24.3 Å². The molecule has 4 nitrogen and oxygen atoms in total. The summed E-state index contributed by atoms with van der Waals surface area (Å²) >= 11 is 0. The number of hydrogen-bond donors (Lipinski definition) is 1. The number of aliphatic hydroxyl groups excluding tert-OH is 1. The number of benzene rings is 2. The van der Waals surface area contributed by atoms with Crippen molar-refractivity contribution in [2.75, 3.05) is 7.11 Å². The molecule has 0 aliphatic rings. The zero-order valence-electron chi connectivity index (χ0n) is 15.5. The van der Waals surface area contributed by atoms with Crippen LogP contribution in [0.15, 0.2) is 54.7 Å². The van der Waals surface area contributed by atoms with Crippen molar-refractivity contribution >= 4 is 16.7 Å². The fourth-order valence-electron chi connectivity index (χ4n) is 3.02. The number of rotatable bonds is 4. The third kappa shape index (κ3) is 3.33. The third-order valence-electron chi connectivity index (χ3n) is 4.80. The molecule has 0 saturated carbocycles. The molecule has 3 aromatic rings. The average molecular weight is 349 g/mol. The van der Waals surface area contributed by atoms with Crippen molar-refractivity contribution in [3.8, 4) is 11.3 Å². The molecule has 26 heavy (non-hydrogen) atoms. The van der Waals surface area contributed by atoms with Crippen molar-refractivity contribution in [3.63, 3.8) is 0 Å². The second-order valence-corrected chi connectivity index (χ2v) is 7.05. The predicted octanol–water partition coefficient (Wildman–Crippen LogP) is 4.41. The Morgan fingerprint density at radius 2 is 1.88 bits per heavy atom. The Kier molecular flexibility index (Phi) is 4.79. The molecule has 134 valence electrons. The van der Waals surface area contributed by atoms with Crippen molar-refractivity contribution in [2.24, 2.45) is 0 Å². The van der Waals surface area contributed by atoms with Gasteiger partial charge < -0.3 is 9.84 Å². The summed E-state index contributed by atoms with van der Waals surface area (Å²) in [6.07, 6.45) is 1.31. The number of methoxy groups -OCH3 is 1. The summed E-state index contributed by atoms with van der Waals surface area (Å²) in [5.41, 5.74) is 2.77. The van der Waals surface area contributed by atoms with E-state index >= 15 is 0 Å². The summed E-state index contributed by atoms with van der Waals surface area (Å²) in [7, 11) is 1.40. The Hall–Kier alpha value is -2.72. The number of ether oxygens (including phenoxy) is 1. The Morgan fingerprint density at radius 1 is 1.12 bits per heavy atom. The first-order valence-electron chi connectivity index (χ1n) is 8.60. The fraction of sp³-hybridized carbons (Fsp3) is 0.273. The lowest BCUT2D eigenvalue weighted by atomic mass is 9.83. The van der Waals surface area contributed by atoms with E-state index in [1.165, 1.54) is 7.11 Å². The van der Waals surface area contributed by atoms with E-state index in [2.05, 4.69) is 4.98 Å². The molecule has 0 amide bonds. The first kappa shape index (κ1) is 18.1. The van der Waals surface area contributed by atoms with Crippen molar-refractivity contribution in [1.82, 2.24) is 4.98 Å². The maximum atomic E-state index is 12.1. The van der Waals surface area contributed by atoms with Crippen LogP contribution in [0.1, 0.15) is 38.0 Å². The molecule has 1 heterocycles. The highest BCUT2D eigenvalue weighted by atomic mass is 16.5. The van der Waals surface area contributed by atoms with Crippen LogP contribution < -0.4 is 0 Å². The van der Waals surface area contributed by atoms with Gasteiger partial charge in [-0.05, 0) is 55.5 Å². The summed E-state index contributed by atoms with van der Waals surface area (Å²) < 4.78 is 4.93. The van der Waals surface area contributed by atoms with Gasteiger partial charge in [-0.2, -0.15) is 0 Å². The topological polar surface area (TPSA) is 59.4 Å². The molecule has 2 aromatic carbocycles. The lowest BCUT2D eigenvalue weighted by Crippen LogP contribution is -2.30. The summed E-state index contributed by atoms with van der Waals surface area (Å²) in [5, 5.41) is 11.8. The molecule has 3 rings (SSSR count). The lowest BCUT2D eigenvalue weighted by Gasteiger charge is -2.22. The summed E-state index contributed by atoms with van der Waals surface area (Å²) in [6, 6.07) is 15.7. The zero-order chi connectivity index (χ0) is 18.9. The number of hydrogen-bond acceptors (Lipinski definition) is 4. The molecule has 0 saturated heterocycles. The standard InChI is InChI=1S/C22H23NO3/c1-14(24)15-8-9-17-13-23-20(12-18(17)10-15)16-6-5-7-19(11-16)22(2,3)21(25)26-4/h5-14,24H,1-4H3. The minimum atomic E-state index is -0.735. The highest BCUT2D eigenvalue weighted by molar-refractivity contribution is 5.86. The lowest BCUT2D eigenvalue weighted by molar-refractivity contribution is -0.146. The molecule has 0 fully saturated rings. The maximum absolute atomic E-state index is 12.1. The highest BCUT2D eigenvalue weighted by Crippen LogP contribution is 2.30. The molecule has 0 aliphatic heterocycles. The van der Waals surface area contributed by atoms with Gasteiger partial charge in [0.25, 0.3) is 0 Å². The fourth-order valence-corrected chi connectivity index (χ4v) is 3.02. The molecule has 1 N–H and O–H groups in total. The van der Waals surface area contributed by atoms with E-state index < -0.39 is 11.5 Å². The second-order valence-electron chi connectivity index (χ2n) is 7.05. The van der Waals surface area contributed by atoms with Crippen molar-refractivity contribution in [3.05, 3.63) is 65.9 Å². The number of aromatic nitrogens is 1. The molecular weight excluding hydrogens is 326 g/mol. The Morgan fingerprint density at radius 3 is 2.58 bits per heavy atom. The van der Waals surface area contributed by atoms with Gasteiger partial charge in [-0.1, -0.05) is 30.3 Å². The van der Waals surface area contributed by atoms with Crippen LogP contribution >= 0.6 is 0 Å². The maximum Gasteiger partial charge on any atom is 0.315 e. The van der Waals surface area contributed by atoms with E-state index in [9.17, 15) is 9.90 Å². The molecular formula is C22H23NO3. The Balaban J connectivity index is 2.06. The van der Waals surface area contributed by atoms with E-state index in [1.54, 1.807) is 6.92 Å². The number of fused-ring (bicyclic) bond motifs is 1. The van der Waals surface area contributed by atoms with E-state index in [1.807, 2.05) is 68.6 Å². The molecule has 1 aromatic heterocycles. The molecule has 0 bridgehead atoms. The summed E-state index contributed by atoms with van der Waals surface area (Å²) in [6.45, 7) is 5.45. The normalized spacial score (nSPS) is 12.8. The number of esters is 1. The second kappa shape index (κ2) is 6.89. The van der Waals surface area contributed by atoms with Crippen LogP contribution in [0.5, 0.6) is 0 Å². The Labute approximate surface area is 153 Å². The third-order valence-corrected chi connectivity index (χ3v) is 4.80. The minimum Gasteiger partial charge on any atom is -0.468 e. The highest BCUT2D eigenvalue weighted by Gasteiger charge is 2.31. The van der Waals surface area contributed by atoms with E-state index in [4.69, 9.17) is 4.74 Å². The van der Waals surface area contributed by atoms with Gasteiger partial charge in [-0.3, -0.25) is 9.78 Å². The quantitative estimate of drug-likeness (QED) is 0.709. The minimum absolute atomic E-state index is 0.275. The predicted molar refractivity (Wildman–Crippen MR) is 103 cm³/mol. The molecule has 1 unspecified atom stereocenters. The van der Waals surface area contributed by atoms with Crippen LogP contribution in [0.4, 0.5) is 0 Å². The molecule has 0 spiro atoms.